The lowest BCUT2D eigenvalue weighted by Gasteiger charge is -2.16. The van der Waals surface area contributed by atoms with Crippen LogP contribution in [-0.4, -0.2) is 0 Å². The van der Waals surface area contributed by atoms with Crippen LogP contribution in [0, 0.1) is 6.92 Å². The first kappa shape index (κ1) is 11.3. The Balaban J connectivity index is 1.87. The maximum Gasteiger partial charge on any atom is 0.0535 e. The van der Waals surface area contributed by atoms with Gasteiger partial charge in [0, 0.05) is 11.7 Å². The first-order valence-electron chi connectivity index (χ1n) is 6.41. The van der Waals surface area contributed by atoms with Gasteiger partial charge in [0.2, 0.25) is 0 Å². The Kier molecular flexibility index (Phi) is 2.80. The molecule has 18 heavy (non-hydrogen) atoms. The fourth-order valence-electron chi connectivity index (χ4n) is 2.75. The van der Waals surface area contributed by atoms with Crippen molar-refractivity contribution in [1.82, 2.24) is 0 Å². The van der Waals surface area contributed by atoms with Crippen molar-refractivity contribution >= 4 is 5.69 Å². The van der Waals surface area contributed by atoms with Crippen LogP contribution >= 0.6 is 0 Å². The Bertz CT molecular complexity index is 563. The molecule has 2 nitrogen and oxygen atoms in total. The number of benzene rings is 2. The van der Waals surface area contributed by atoms with Gasteiger partial charge >= 0.3 is 0 Å². The van der Waals surface area contributed by atoms with Crippen LogP contribution in [0.15, 0.2) is 48.5 Å². The van der Waals surface area contributed by atoms with Crippen molar-refractivity contribution in [1.29, 1.82) is 0 Å². The molecule has 2 aromatic carbocycles. The van der Waals surface area contributed by atoms with Crippen molar-refractivity contribution in [2.45, 2.75) is 25.4 Å². The number of hydrogen-bond donors (Lipinski definition) is 2. The van der Waals surface area contributed by atoms with Crippen LogP contribution in [0.1, 0.15) is 35.2 Å². The van der Waals surface area contributed by atoms with E-state index in [4.69, 9.17) is 5.73 Å². The average Bonchev–Trinajstić information content (AvgIpc) is 2.67. The lowest BCUT2D eigenvalue weighted by molar-refractivity contribution is 0.648. The SMILES string of the molecule is Cc1cccc(NC2CC(N)c3ccccc32)c1. The van der Waals surface area contributed by atoms with E-state index in [1.54, 1.807) is 0 Å². The summed E-state index contributed by atoms with van der Waals surface area (Å²) in [6.07, 6.45) is 0.966. The predicted molar refractivity (Wildman–Crippen MR) is 75.5 cm³/mol. The molecular formula is C16H18N2. The third-order valence-corrected chi connectivity index (χ3v) is 3.62. The molecule has 0 radical (unpaired) electrons. The molecule has 0 saturated heterocycles. The fraction of sp³-hybridized carbons (Fsp3) is 0.250. The Morgan fingerprint density at radius 2 is 1.83 bits per heavy atom. The van der Waals surface area contributed by atoms with E-state index in [0.717, 1.165) is 6.42 Å². The highest BCUT2D eigenvalue weighted by atomic mass is 14.9. The summed E-state index contributed by atoms with van der Waals surface area (Å²) >= 11 is 0. The third-order valence-electron chi connectivity index (χ3n) is 3.62. The van der Waals surface area contributed by atoms with Crippen molar-refractivity contribution in [3.63, 3.8) is 0 Å². The quantitative estimate of drug-likeness (QED) is 0.839. The fourth-order valence-corrected chi connectivity index (χ4v) is 2.75. The molecule has 0 saturated carbocycles. The standard InChI is InChI=1S/C16H18N2/c1-11-5-4-6-12(9-11)18-16-10-15(17)13-7-2-3-8-14(13)16/h2-9,15-16,18H,10,17H2,1H3. The van der Waals surface area contributed by atoms with Crippen LogP contribution in [0.5, 0.6) is 0 Å². The minimum atomic E-state index is 0.156. The van der Waals surface area contributed by atoms with Gasteiger partial charge in [-0.15, -0.1) is 0 Å². The van der Waals surface area contributed by atoms with Crippen molar-refractivity contribution in [2.75, 3.05) is 5.32 Å². The molecule has 0 aliphatic heterocycles. The molecule has 0 amide bonds. The number of aryl methyl sites for hydroxylation is 1. The van der Waals surface area contributed by atoms with Gasteiger partial charge in [0.1, 0.15) is 0 Å². The summed E-state index contributed by atoms with van der Waals surface area (Å²) in [4.78, 5) is 0. The minimum absolute atomic E-state index is 0.156. The summed E-state index contributed by atoms with van der Waals surface area (Å²) in [7, 11) is 0. The number of anilines is 1. The molecule has 0 bridgehead atoms. The van der Waals surface area contributed by atoms with E-state index in [2.05, 4.69) is 60.8 Å². The Hall–Kier alpha value is -1.80. The van der Waals surface area contributed by atoms with Crippen LogP contribution in [0.25, 0.3) is 0 Å². The zero-order chi connectivity index (χ0) is 12.5. The van der Waals surface area contributed by atoms with E-state index < -0.39 is 0 Å². The van der Waals surface area contributed by atoms with Gasteiger partial charge in [0.05, 0.1) is 6.04 Å². The molecule has 2 unspecified atom stereocenters. The lowest BCUT2D eigenvalue weighted by Crippen LogP contribution is -2.09. The first-order chi connectivity index (χ1) is 8.74. The predicted octanol–water partition coefficient (Wildman–Crippen LogP) is 3.55. The topological polar surface area (TPSA) is 38.0 Å². The van der Waals surface area contributed by atoms with Gasteiger partial charge in [0.15, 0.2) is 0 Å². The summed E-state index contributed by atoms with van der Waals surface area (Å²) in [5.41, 5.74) is 11.2. The molecule has 0 spiro atoms. The Labute approximate surface area is 108 Å². The summed E-state index contributed by atoms with van der Waals surface area (Å²) in [6, 6.07) is 17.4. The second-order valence-corrected chi connectivity index (χ2v) is 5.04. The zero-order valence-corrected chi connectivity index (χ0v) is 10.6. The molecule has 92 valence electrons. The van der Waals surface area contributed by atoms with Gasteiger partial charge in [-0.05, 0) is 42.2 Å². The normalized spacial score (nSPS) is 21.7. The van der Waals surface area contributed by atoms with E-state index in [-0.39, 0.29) is 6.04 Å². The number of hydrogen-bond acceptors (Lipinski definition) is 2. The molecule has 2 heteroatoms. The Morgan fingerprint density at radius 1 is 1.06 bits per heavy atom. The van der Waals surface area contributed by atoms with Crippen LogP contribution in [-0.2, 0) is 0 Å². The van der Waals surface area contributed by atoms with E-state index >= 15 is 0 Å². The number of nitrogens with two attached hydrogens (primary N) is 1. The molecule has 1 aliphatic carbocycles. The van der Waals surface area contributed by atoms with Gasteiger partial charge in [-0.1, -0.05) is 36.4 Å². The smallest absolute Gasteiger partial charge is 0.0535 e. The molecule has 3 N–H and O–H groups in total. The number of fused-ring (bicyclic) bond motifs is 1. The lowest BCUT2D eigenvalue weighted by atomic mass is 10.1. The van der Waals surface area contributed by atoms with E-state index in [9.17, 15) is 0 Å². The summed E-state index contributed by atoms with van der Waals surface area (Å²) in [5, 5.41) is 3.59. The molecular weight excluding hydrogens is 220 g/mol. The largest absolute Gasteiger partial charge is 0.378 e. The summed E-state index contributed by atoms with van der Waals surface area (Å²) in [6.45, 7) is 2.11. The molecule has 1 aliphatic rings. The van der Waals surface area contributed by atoms with Gasteiger partial charge in [-0.3, -0.25) is 0 Å². The van der Waals surface area contributed by atoms with Gasteiger partial charge in [-0.2, -0.15) is 0 Å². The highest BCUT2D eigenvalue weighted by Crippen LogP contribution is 2.38. The molecule has 0 fully saturated rings. The number of nitrogens with one attached hydrogen (secondary N) is 1. The maximum atomic E-state index is 6.18. The van der Waals surface area contributed by atoms with E-state index in [0.29, 0.717) is 6.04 Å². The van der Waals surface area contributed by atoms with Crippen LogP contribution in [0.2, 0.25) is 0 Å². The average molecular weight is 238 g/mol. The second-order valence-electron chi connectivity index (χ2n) is 5.04. The molecule has 2 atom stereocenters. The van der Waals surface area contributed by atoms with Gasteiger partial charge < -0.3 is 11.1 Å². The monoisotopic (exact) mass is 238 g/mol. The van der Waals surface area contributed by atoms with Crippen LogP contribution in [0.3, 0.4) is 0 Å². The highest BCUT2D eigenvalue weighted by molar-refractivity contribution is 5.50. The summed E-state index contributed by atoms with van der Waals surface area (Å²) in [5.74, 6) is 0. The van der Waals surface area contributed by atoms with Gasteiger partial charge in [-0.25, -0.2) is 0 Å². The van der Waals surface area contributed by atoms with Crippen LogP contribution < -0.4 is 11.1 Å². The number of rotatable bonds is 2. The Morgan fingerprint density at radius 3 is 2.61 bits per heavy atom. The summed E-state index contributed by atoms with van der Waals surface area (Å²) < 4.78 is 0. The first-order valence-corrected chi connectivity index (χ1v) is 6.41. The molecule has 0 aromatic heterocycles. The molecule has 0 heterocycles. The van der Waals surface area contributed by atoms with Crippen molar-refractivity contribution in [3.8, 4) is 0 Å². The second kappa shape index (κ2) is 4.46. The minimum Gasteiger partial charge on any atom is -0.378 e. The van der Waals surface area contributed by atoms with Crippen LogP contribution in [0.4, 0.5) is 5.69 Å². The van der Waals surface area contributed by atoms with Crippen molar-refractivity contribution in [3.05, 3.63) is 65.2 Å². The van der Waals surface area contributed by atoms with Crippen molar-refractivity contribution in [2.24, 2.45) is 5.73 Å². The third kappa shape index (κ3) is 2.00. The highest BCUT2D eigenvalue weighted by Gasteiger charge is 2.27. The van der Waals surface area contributed by atoms with E-state index in [1.807, 2.05) is 0 Å². The maximum absolute atomic E-state index is 6.18. The molecule has 3 rings (SSSR count). The van der Waals surface area contributed by atoms with Gasteiger partial charge in [0.25, 0.3) is 0 Å². The zero-order valence-electron chi connectivity index (χ0n) is 10.6. The van der Waals surface area contributed by atoms with Crippen molar-refractivity contribution < 1.29 is 0 Å². The molecule has 2 aromatic rings. The van der Waals surface area contributed by atoms with E-state index in [1.165, 1.54) is 22.4 Å².